The molecule has 0 radical (unpaired) electrons. The average molecular weight is 270 g/mol. The van der Waals surface area contributed by atoms with Crippen molar-refractivity contribution in [2.75, 3.05) is 0 Å². The van der Waals surface area contributed by atoms with Crippen LogP contribution in [0.4, 0.5) is 0 Å². The minimum atomic E-state index is 0.792. The molecule has 0 amide bonds. The Morgan fingerprint density at radius 1 is 1.36 bits per heavy atom. The molecule has 14 heavy (non-hydrogen) atoms. The van der Waals surface area contributed by atoms with Gasteiger partial charge in [0.1, 0.15) is 0 Å². The third-order valence-electron chi connectivity index (χ3n) is 2.43. The van der Waals surface area contributed by atoms with Crippen LogP contribution in [-0.4, -0.2) is 4.57 Å². The van der Waals surface area contributed by atoms with Crippen molar-refractivity contribution < 1.29 is 0 Å². The number of benzene rings is 1. The van der Waals surface area contributed by atoms with Gasteiger partial charge in [0.2, 0.25) is 0 Å². The van der Waals surface area contributed by atoms with Crippen LogP contribution in [0.2, 0.25) is 0 Å². The molecule has 1 heterocycles. The molecule has 0 N–H and O–H groups in total. The molecule has 0 atom stereocenters. The van der Waals surface area contributed by atoms with Crippen LogP contribution in [0.25, 0.3) is 10.9 Å². The summed E-state index contributed by atoms with van der Waals surface area (Å²) in [6, 6.07) is 8.58. The van der Waals surface area contributed by atoms with Crippen molar-refractivity contribution >= 4 is 39.5 Å². The molecule has 2 rings (SSSR count). The van der Waals surface area contributed by atoms with Gasteiger partial charge in [-0.3, -0.25) is 0 Å². The second-order valence-corrected chi connectivity index (χ2v) is 4.47. The van der Waals surface area contributed by atoms with Gasteiger partial charge in [-0.25, -0.2) is 0 Å². The molecule has 0 saturated carbocycles. The molecule has 0 fully saturated rings. The maximum Gasteiger partial charge on any atom is 0.0494 e. The summed E-state index contributed by atoms with van der Waals surface area (Å²) < 4.78 is 3.43. The standard InChI is InChI=1S/C11H12BrNS/c1-2-13-10(7-14)5-8-3-4-9(12)6-11(8)13/h3-6,14H,2,7H2,1H3. The fourth-order valence-electron chi connectivity index (χ4n) is 1.79. The van der Waals surface area contributed by atoms with Crippen LogP contribution in [-0.2, 0) is 12.3 Å². The number of hydrogen-bond acceptors (Lipinski definition) is 1. The average Bonchev–Trinajstić information content (AvgIpc) is 2.54. The third-order valence-corrected chi connectivity index (χ3v) is 3.25. The Morgan fingerprint density at radius 3 is 2.79 bits per heavy atom. The number of thiol groups is 1. The third kappa shape index (κ3) is 1.59. The number of halogens is 1. The summed E-state index contributed by atoms with van der Waals surface area (Å²) >= 11 is 7.83. The van der Waals surface area contributed by atoms with Crippen LogP contribution in [0.1, 0.15) is 12.6 Å². The lowest BCUT2D eigenvalue weighted by atomic mass is 10.2. The highest BCUT2D eigenvalue weighted by Crippen LogP contribution is 2.24. The highest BCUT2D eigenvalue weighted by molar-refractivity contribution is 9.10. The molecular weight excluding hydrogens is 258 g/mol. The van der Waals surface area contributed by atoms with Crippen molar-refractivity contribution in [3.63, 3.8) is 0 Å². The number of hydrogen-bond donors (Lipinski definition) is 1. The van der Waals surface area contributed by atoms with E-state index in [-0.39, 0.29) is 0 Å². The molecule has 0 bridgehead atoms. The topological polar surface area (TPSA) is 4.93 Å². The maximum absolute atomic E-state index is 4.34. The lowest BCUT2D eigenvalue weighted by Gasteiger charge is -2.05. The summed E-state index contributed by atoms with van der Waals surface area (Å²) in [5.74, 6) is 0.792. The summed E-state index contributed by atoms with van der Waals surface area (Å²) in [7, 11) is 0. The molecule has 74 valence electrons. The van der Waals surface area contributed by atoms with Gasteiger partial charge in [-0.15, -0.1) is 0 Å². The van der Waals surface area contributed by atoms with Crippen LogP contribution >= 0.6 is 28.6 Å². The fourth-order valence-corrected chi connectivity index (χ4v) is 2.40. The first-order valence-electron chi connectivity index (χ1n) is 4.64. The normalized spacial score (nSPS) is 11.1. The first kappa shape index (κ1) is 10.1. The SMILES string of the molecule is CCn1c(CS)cc2ccc(Br)cc21. The number of aromatic nitrogens is 1. The molecule has 0 aliphatic rings. The van der Waals surface area contributed by atoms with E-state index in [0.717, 1.165) is 16.8 Å². The van der Waals surface area contributed by atoms with E-state index in [1.54, 1.807) is 0 Å². The summed E-state index contributed by atoms with van der Waals surface area (Å²) in [6.45, 7) is 3.16. The number of fused-ring (bicyclic) bond motifs is 1. The van der Waals surface area contributed by atoms with E-state index in [9.17, 15) is 0 Å². The number of rotatable bonds is 2. The number of nitrogens with zero attached hydrogens (tertiary/aromatic N) is 1. The Hall–Kier alpha value is -0.410. The van der Waals surface area contributed by atoms with E-state index in [1.165, 1.54) is 16.6 Å². The van der Waals surface area contributed by atoms with E-state index in [0.29, 0.717) is 0 Å². The molecule has 1 nitrogen and oxygen atoms in total. The highest BCUT2D eigenvalue weighted by Gasteiger charge is 2.05. The second kappa shape index (κ2) is 3.99. The van der Waals surface area contributed by atoms with Crippen molar-refractivity contribution in [3.05, 3.63) is 34.4 Å². The van der Waals surface area contributed by atoms with Gasteiger partial charge in [-0.2, -0.15) is 12.6 Å². The Morgan fingerprint density at radius 2 is 2.14 bits per heavy atom. The molecule has 0 saturated heterocycles. The van der Waals surface area contributed by atoms with E-state index in [1.807, 2.05) is 0 Å². The highest BCUT2D eigenvalue weighted by atomic mass is 79.9. The zero-order chi connectivity index (χ0) is 10.1. The first-order chi connectivity index (χ1) is 6.76. The molecule has 0 unspecified atom stereocenters. The van der Waals surface area contributed by atoms with Gasteiger partial charge in [0.05, 0.1) is 0 Å². The quantitative estimate of drug-likeness (QED) is 0.791. The summed E-state index contributed by atoms with van der Waals surface area (Å²) in [4.78, 5) is 0. The molecule has 3 heteroatoms. The van der Waals surface area contributed by atoms with Crippen LogP contribution in [0, 0.1) is 0 Å². The van der Waals surface area contributed by atoms with Crippen LogP contribution < -0.4 is 0 Å². The predicted molar refractivity (Wildman–Crippen MR) is 68.0 cm³/mol. The Labute approximate surface area is 97.6 Å². The van der Waals surface area contributed by atoms with Gasteiger partial charge >= 0.3 is 0 Å². The minimum absolute atomic E-state index is 0.792. The molecule has 0 aliphatic carbocycles. The molecule has 2 aromatic rings. The van der Waals surface area contributed by atoms with E-state index >= 15 is 0 Å². The largest absolute Gasteiger partial charge is 0.344 e. The zero-order valence-corrected chi connectivity index (χ0v) is 10.5. The van der Waals surface area contributed by atoms with Gasteiger partial charge in [-0.1, -0.05) is 22.0 Å². The van der Waals surface area contributed by atoms with E-state index in [2.05, 4.69) is 64.3 Å². The van der Waals surface area contributed by atoms with Crippen LogP contribution in [0.3, 0.4) is 0 Å². The van der Waals surface area contributed by atoms with Gasteiger partial charge < -0.3 is 4.57 Å². The summed E-state index contributed by atoms with van der Waals surface area (Å²) in [6.07, 6.45) is 0. The Kier molecular flexibility index (Phi) is 2.88. The molecular formula is C11H12BrNS. The van der Waals surface area contributed by atoms with Crippen LogP contribution in [0.5, 0.6) is 0 Å². The lowest BCUT2D eigenvalue weighted by Crippen LogP contribution is -1.97. The fraction of sp³-hybridized carbons (Fsp3) is 0.273. The predicted octanol–water partition coefficient (Wildman–Crippen LogP) is 3.85. The second-order valence-electron chi connectivity index (χ2n) is 3.24. The van der Waals surface area contributed by atoms with Crippen molar-refractivity contribution in [3.8, 4) is 0 Å². The Bertz CT molecular complexity index is 462. The summed E-state index contributed by atoms with van der Waals surface area (Å²) in [5, 5.41) is 1.29. The molecule has 1 aromatic heterocycles. The Balaban J connectivity index is 2.74. The van der Waals surface area contributed by atoms with E-state index < -0.39 is 0 Å². The van der Waals surface area contributed by atoms with Crippen molar-refractivity contribution in [2.45, 2.75) is 19.2 Å². The van der Waals surface area contributed by atoms with Gasteiger partial charge in [0.25, 0.3) is 0 Å². The monoisotopic (exact) mass is 269 g/mol. The van der Waals surface area contributed by atoms with Crippen molar-refractivity contribution in [1.82, 2.24) is 4.57 Å². The van der Waals surface area contributed by atoms with Crippen molar-refractivity contribution in [2.24, 2.45) is 0 Å². The van der Waals surface area contributed by atoms with Gasteiger partial charge in [-0.05, 0) is 30.5 Å². The molecule has 1 aromatic carbocycles. The lowest BCUT2D eigenvalue weighted by molar-refractivity contribution is 0.766. The van der Waals surface area contributed by atoms with Gasteiger partial charge in [0.15, 0.2) is 0 Å². The maximum atomic E-state index is 4.34. The first-order valence-corrected chi connectivity index (χ1v) is 6.07. The molecule has 0 aliphatic heterocycles. The smallest absolute Gasteiger partial charge is 0.0494 e. The van der Waals surface area contributed by atoms with E-state index in [4.69, 9.17) is 0 Å². The van der Waals surface area contributed by atoms with Gasteiger partial charge in [0, 0.05) is 28.0 Å². The van der Waals surface area contributed by atoms with Crippen molar-refractivity contribution in [1.29, 1.82) is 0 Å². The van der Waals surface area contributed by atoms with Crippen LogP contribution in [0.15, 0.2) is 28.7 Å². The summed E-state index contributed by atoms with van der Waals surface area (Å²) in [5.41, 5.74) is 2.56. The zero-order valence-electron chi connectivity index (χ0n) is 8.00. The number of aryl methyl sites for hydroxylation is 1. The molecule has 0 spiro atoms. The minimum Gasteiger partial charge on any atom is -0.344 e.